The van der Waals surface area contributed by atoms with Gasteiger partial charge in [-0.2, -0.15) is 0 Å². The summed E-state index contributed by atoms with van der Waals surface area (Å²) in [5, 5.41) is 15.8. The predicted octanol–water partition coefficient (Wildman–Crippen LogP) is 3.27. The molecule has 0 aliphatic heterocycles. The van der Waals surface area contributed by atoms with Gasteiger partial charge in [0.1, 0.15) is 12.4 Å². The molecule has 4 rings (SSSR count). The molecule has 0 bridgehead atoms. The Morgan fingerprint density at radius 3 is 2.97 bits per heavy atom. The van der Waals surface area contributed by atoms with Crippen LogP contribution < -0.4 is 10.6 Å². The smallest absolute Gasteiger partial charge is 0.191 e. The molecule has 0 spiro atoms. The van der Waals surface area contributed by atoms with E-state index < -0.39 is 0 Å². The molecular weight excluding hydrogens is 484 g/mol. The summed E-state index contributed by atoms with van der Waals surface area (Å²) in [4.78, 5) is 7.79. The fourth-order valence-corrected chi connectivity index (χ4v) is 3.16. The van der Waals surface area contributed by atoms with Crippen LogP contribution >= 0.6 is 24.0 Å². The number of nitrogens with one attached hydrogen (secondary N) is 3. The van der Waals surface area contributed by atoms with Gasteiger partial charge in [0.25, 0.3) is 0 Å². The van der Waals surface area contributed by atoms with E-state index >= 15 is 0 Å². The Bertz CT molecular complexity index is 1120. The van der Waals surface area contributed by atoms with Crippen molar-refractivity contribution >= 4 is 46.5 Å². The Morgan fingerprint density at radius 1 is 1.21 bits per heavy atom. The summed E-state index contributed by atoms with van der Waals surface area (Å²) in [6.45, 7) is 3.87. The van der Waals surface area contributed by atoms with Crippen LogP contribution in [0, 0.1) is 5.82 Å². The van der Waals surface area contributed by atoms with E-state index in [0.29, 0.717) is 19.0 Å². The van der Waals surface area contributed by atoms with Gasteiger partial charge in [-0.3, -0.25) is 4.40 Å². The fraction of sp³-hybridized carbons (Fsp3) is 0.250. The number of hydrogen-bond acceptors (Lipinski definition) is 3. The van der Waals surface area contributed by atoms with E-state index in [4.69, 9.17) is 0 Å². The topological polar surface area (TPSA) is 82.4 Å². The summed E-state index contributed by atoms with van der Waals surface area (Å²) >= 11 is 0. The zero-order valence-electron chi connectivity index (χ0n) is 16.0. The van der Waals surface area contributed by atoms with Crippen LogP contribution in [0.1, 0.15) is 18.3 Å². The van der Waals surface area contributed by atoms with Crippen molar-refractivity contribution in [3.8, 4) is 0 Å². The first-order chi connectivity index (χ1) is 13.7. The van der Waals surface area contributed by atoms with Crippen molar-refractivity contribution in [1.82, 2.24) is 30.2 Å². The van der Waals surface area contributed by atoms with Gasteiger partial charge in [-0.1, -0.05) is 6.07 Å². The van der Waals surface area contributed by atoms with Gasteiger partial charge in [0.05, 0.1) is 0 Å². The molecule has 9 heteroatoms. The molecule has 0 atom stereocenters. The zero-order chi connectivity index (χ0) is 19.3. The molecule has 0 saturated carbocycles. The Labute approximate surface area is 184 Å². The number of guanidine groups is 1. The van der Waals surface area contributed by atoms with E-state index in [1.807, 2.05) is 41.9 Å². The van der Waals surface area contributed by atoms with E-state index in [0.717, 1.165) is 40.9 Å². The summed E-state index contributed by atoms with van der Waals surface area (Å²) in [7, 11) is 0. The van der Waals surface area contributed by atoms with Crippen molar-refractivity contribution in [3.05, 3.63) is 66.0 Å². The number of pyridine rings is 1. The van der Waals surface area contributed by atoms with Crippen LogP contribution in [0.3, 0.4) is 0 Å². The van der Waals surface area contributed by atoms with Crippen molar-refractivity contribution in [2.24, 2.45) is 4.99 Å². The summed E-state index contributed by atoms with van der Waals surface area (Å²) in [6.07, 6.45) is 4.61. The number of hydrogen-bond donors (Lipinski definition) is 3. The van der Waals surface area contributed by atoms with Gasteiger partial charge in [0.15, 0.2) is 17.4 Å². The van der Waals surface area contributed by atoms with Crippen LogP contribution in [-0.2, 0) is 13.0 Å². The minimum Gasteiger partial charge on any atom is -0.361 e. The molecule has 0 radical (unpaired) electrons. The minimum atomic E-state index is -0.225. The lowest BCUT2D eigenvalue weighted by atomic mass is 10.1. The second-order valence-electron chi connectivity index (χ2n) is 6.42. The largest absolute Gasteiger partial charge is 0.361 e. The molecular formula is C20H23FIN7. The highest BCUT2D eigenvalue weighted by Gasteiger charge is 2.07. The first kappa shape index (κ1) is 21.0. The summed E-state index contributed by atoms with van der Waals surface area (Å²) in [5.41, 5.74) is 2.81. The Kier molecular flexibility index (Phi) is 7.02. The number of rotatable bonds is 6. The monoisotopic (exact) mass is 507 g/mol. The molecule has 0 unspecified atom stereocenters. The zero-order valence-corrected chi connectivity index (χ0v) is 18.4. The van der Waals surface area contributed by atoms with Gasteiger partial charge in [0.2, 0.25) is 0 Å². The van der Waals surface area contributed by atoms with E-state index in [1.54, 1.807) is 12.1 Å². The molecule has 0 amide bonds. The number of aromatic amines is 1. The van der Waals surface area contributed by atoms with Crippen LogP contribution in [0.5, 0.6) is 0 Å². The molecule has 4 aromatic rings. The average Bonchev–Trinajstić information content (AvgIpc) is 3.30. The third kappa shape index (κ3) is 4.84. The number of halogens is 2. The molecule has 1 aromatic carbocycles. The standard InChI is InChI=1S/C20H22FN7.HI/c1-2-22-20(25-13-19-27-26-18-5-3-4-10-28(18)19)23-9-8-14-12-24-17-7-6-15(21)11-16(14)17;/h3-7,10-12,24H,2,8-9,13H2,1H3,(H2,22,23,25);1H. The number of fused-ring (bicyclic) bond motifs is 2. The lowest BCUT2D eigenvalue weighted by Crippen LogP contribution is -2.38. The third-order valence-corrected chi connectivity index (χ3v) is 4.52. The molecule has 152 valence electrons. The van der Waals surface area contributed by atoms with Crippen molar-refractivity contribution < 1.29 is 4.39 Å². The van der Waals surface area contributed by atoms with Crippen molar-refractivity contribution in [3.63, 3.8) is 0 Å². The van der Waals surface area contributed by atoms with Gasteiger partial charge < -0.3 is 15.6 Å². The second kappa shape index (κ2) is 9.68. The van der Waals surface area contributed by atoms with Crippen molar-refractivity contribution in [2.75, 3.05) is 13.1 Å². The van der Waals surface area contributed by atoms with E-state index in [2.05, 4.69) is 30.8 Å². The van der Waals surface area contributed by atoms with E-state index in [-0.39, 0.29) is 29.8 Å². The number of nitrogens with zero attached hydrogens (tertiary/aromatic N) is 4. The van der Waals surface area contributed by atoms with Crippen LogP contribution in [0.2, 0.25) is 0 Å². The molecule has 3 aromatic heterocycles. The minimum absolute atomic E-state index is 0. The molecule has 0 fully saturated rings. The maximum atomic E-state index is 13.5. The normalized spacial score (nSPS) is 11.6. The number of H-pyrrole nitrogens is 1. The molecule has 7 nitrogen and oxygen atoms in total. The van der Waals surface area contributed by atoms with Crippen molar-refractivity contribution in [2.45, 2.75) is 19.9 Å². The summed E-state index contributed by atoms with van der Waals surface area (Å²) < 4.78 is 15.4. The van der Waals surface area contributed by atoms with Gasteiger partial charge in [-0.05, 0) is 49.2 Å². The van der Waals surface area contributed by atoms with Gasteiger partial charge in [-0.15, -0.1) is 34.2 Å². The Hall–Kier alpha value is -2.69. The third-order valence-electron chi connectivity index (χ3n) is 4.52. The molecule has 3 heterocycles. The van der Waals surface area contributed by atoms with Crippen LogP contribution in [0.4, 0.5) is 4.39 Å². The average molecular weight is 507 g/mol. The van der Waals surface area contributed by atoms with Crippen LogP contribution in [0.25, 0.3) is 16.6 Å². The SMILES string of the molecule is CCNC(=NCc1nnc2ccccn12)NCCc1c[nH]c2ccc(F)cc12.I. The highest BCUT2D eigenvalue weighted by molar-refractivity contribution is 14.0. The predicted molar refractivity (Wildman–Crippen MR) is 123 cm³/mol. The number of aromatic nitrogens is 4. The van der Waals surface area contributed by atoms with Crippen LogP contribution in [0.15, 0.2) is 53.8 Å². The first-order valence-corrected chi connectivity index (χ1v) is 9.31. The lowest BCUT2D eigenvalue weighted by molar-refractivity contribution is 0.629. The fourth-order valence-electron chi connectivity index (χ4n) is 3.16. The quantitative estimate of drug-likeness (QED) is 0.213. The first-order valence-electron chi connectivity index (χ1n) is 9.31. The summed E-state index contributed by atoms with van der Waals surface area (Å²) in [5.74, 6) is 1.26. The molecule has 29 heavy (non-hydrogen) atoms. The summed E-state index contributed by atoms with van der Waals surface area (Å²) in [6, 6.07) is 10.6. The van der Waals surface area contributed by atoms with Gasteiger partial charge in [-0.25, -0.2) is 9.38 Å². The van der Waals surface area contributed by atoms with Gasteiger partial charge >= 0.3 is 0 Å². The maximum absolute atomic E-state index is 13.5. The lowest BCUT2D eigenvalue weighted by Gasteiger charge is -2.11. The van der Waals surface area contributed by atoms with Gasteiger partial charge in [0, 0.05) is 36.4 Å². The Morgan fingerprint density at radius 2 is 2.10 bits per heavy atom. The van der Waals surface area contributed by atoms with Crippen LogP contribution in [-0.4, -0.2) is 38.6 Å². The second-order valence-corrected chi connectivity index (χ2v) is 6.42. The van der Waals surface area contributed by atoms with Crippen molar-refractivity contribution in [1.29, 1.82) is 0 Å². The number of benzene rings is 1. The molecule has 0 saturated heterocycles. The van der Waals surface area contributed by atoms with E-state index in [9.17, 15) is 4.39 Å². The Balaban J connectivity index is 0.00000240. The highest BCUT2D eigenvalue weighted by atomic mass is 127. The highest BCUT2D eigenvalue weighted by Crippen LogP contribution is 2.19. The molecule has 0 aliphatic carbocycles. The number of aliphatic imine (C=N–C) groups is 1. The van der Waals surface area contributed by atoms with E-state index in [1.165, 1.54) is 6.07 Å². The molecule has 3 N–H and O–H groups in total. The molecule has 0 aliphatic rings. The maximum Gasteiger partial charge on any atom is 0.191 e.